The first kappa shape index (κ1) is 51.1. The summed E-state index contributed by atoms with van der Waals surface area (Å²) in [6.07, 6.45) is 0. The van der Waals surface area contributed by atoms with Crippen molar-refractivity contribution in [1.29, 1.82) is 21.0 Å². The first-order chi connectivity index (χ1) is 50.5. The van der Waals surface area contributed by atoms with Gasteiger partial charge in [0.05, 0.1) is 85.0 Å². The molecule has 6 atom stereocenters. The molecule has 0 saturated carbocycles. The maximum atomic E-state index is 12.1. The van der Waals surface area contributed by atoms with Crippen LogP contribution >= 0.6 is 0 Å². The average Bonchev–Trinajstić information content (AvgIpc) is 1.44. The topological polar surface area (TPSA) is 104 Å². The van der Waals surface area contributed by atoms with E-state index < -0.39 is 5.41 Å². The van der Waals surface area contributed by atoms with E-state index in [1.54, 1.807) is 0 Å². The van der Waals surface area contributed by atoms with Crippen molar-refractivity contribution < 1.29 is 0 Å². The van der Waals surface area contributed by atoms with Crippen molar-refractivity contribution in [3.8, 4) is 24.3 Å². The van der Waals surface area contributed by atoms with Crippen molar-refractivity contribution in [1.82, 2.24) is 8.80 Å². The Balaban J connectivity index is 0.898. The van der Waals surface area contributed by atoms with E-state index in [1.807, 2.05) is 0 Å². The summed E-state index contributed by atoms with van der Waals surface area (Å²) in [5.74, 6) is -0.641. The van der Waals surface area contributed by atoms with Gasteiger partial charge in [-0.25, -0.2) is 0 Å². The predicted molar refractivity (Wildman–Crippen MR) is 396 cm³/mol. The van der Waals surface area contributed by atoms with Gasteiger partial charge in [0.25, 0.3) is 0 Å². The van der Waals surface area contributed by atoms with Crippen LogP contribution < -0.4 is 0 Å². The smallest absolute Gasteiger partial charge is 0.0995 e. The molecular formula is C96H46N6. The molecule has 6 bridgehead atoms. The average molecular weight is 1280 g/mol. The van der Waals surface area contributed by atoms with Gasteiger partial charge in [0.2, 0.25) is 0 Å². The lowest BCUT2D eigenvalue weighted by Crippen LogP contribution is -2.52. The van der Waals surface area contributed by atoms with Gasteiger partial charge >= 0.3 is 0 Å². The number of fused-ring (bicyclic) bond motifs is 29. The van der Waals surface area contributed by atoms with Crippen LogP contribution in [0.4, 0.5) is 0 Å². The third kappa shape index (κ3) is 4.76. The molecule has 18 aromatic rings. The van der Waals surface area contributed by atoms with Gasteiger partial charge in [0.15, 0.2) is 0 Å². The molecule has 0 radical (unpaired) electrons. The highest BCUT2D eigenvalue weighted by Gasteiger charge is 2.71. The van der Waals surface area contributed by atoms with Gasteiger partial charge in [-0.05, 0) is 181 Å². The number of aromatic nitrogens is 2. The minimum absolute atomic E-state index is 0.0201. The molecular weight excluding hydrogens is 1240 g/mol. The lowest BCUT2D eigenvalue weighted by molar-refractivity contribution is 0.333. The lowest BCUT2D eigenvalue weighted by atomic mass is 9.43. The fourth-order valence-electron chi connectivity index (χ4n) is 25.7. The number of benzene rings is 14. The fourth-order valence-corrected chi connectivity index (χ4v) is 25.7. The minimum atomic E-state index is -0.497. The number of hydrogen-bond donors (Lipinski definition) is 0. The molecule has 30 rings (SSSR count). The molecule has 12 aliphatic carbocycles. The van der Waals surface area contributed by atoms with Gasteiger partial charge in [-0.2, -0.15) is 21.0 Å². The monoisotopic (exact) mass is 1280 g/mol. The molecule has 0 aliphatic heterocycles. The van der Waals surface area contributed by atoms with E-state index in [4.69, 9.17) is 0 Å². The van der Waals surface area contributed by atoms with Crippen LogP contribution in [0.5, 0.6) is 0 Å². The normalized spacial score (nSPS) is 23.5. The van der Waals surface area contributed by atoms with Crippen LogP contribution in [0, 0.1) is 45.3 Å². The van der Waals surface area contributed by atoms with Crippen LogP contribution in [-0.4, -0.2) is 8.80 Å². The fraction of sp³-hybridized carbons (Fsp3) is 0.104. The van der Waals surface area contributed by atoms with Gasteiger partial charge in [-0.3, -0.25) is 0 Å². The molecule has 6 unspecified atom stereocenters. The Kier molecular flexibility index (Phi) is 8.08. The highest BCUT2D eigenvalue weighted by Crippen LogP contribution is 2.80. The van der Waals surface area contributed by atoms with Crippen LogP contribution in [0.3, 0.4) is 0 Å². The quantitative estimate of drug-likeness (QED) is 0.151. The molecule has 1 spiro atoms. The van der Waals surface area contributed by atoms with E-state index >= 15 is 0 Å². The summed E-state index contributed by atoms with van der Waals surface area (Å²) in [5, 5.41) is 59.8. The van der Waals surface area contributed by atoms with E-state index in [1.165, 1.54) is 127 Å². The van der Waals surface area contributed by atoms with Crippen molar-refractivity contribution in [3.05, 3.63) is 386 Å². The first-order valence-corrected chi connectivity index (χ1v) is 36.0. The largest absolute Gasteiger partial charge is 0.308 e. The summed E-state index contributed by atoms with van der Waals surface area (Å²) in [6.45, 7) is 0. The summed E-state index contributed by atoms with van der Waals surface area (Å²) >= 11 is 0. The maximum absolute atomic E-state index is 12.1. The Morgan fingerprint density at radius 2 is 0.608 bits per heavy atom. The summed E-state index contributed by atoms with van der Waals surface area (Å²) in [5.41, 5.74) is 38.3. The van der Waals surface area contributed by atoms with E-state index in [0.29, 0.717) is 22.3 Å². The van der Waals surface area contributed by atoms with Crippen molar-refractivity contribution in [2.45, 2.75) is 58.2 Å². The third-order valence-corrected chi connectivity index (χ3v) is 28.3. The Bertz CT molecular complexity index is 7490. The van der Waals surface area contributed by atoms with Crippen molar-refractivity contribution in [2.24, 2.45) is 0 Å². The van der Waals surface area contributed by atoms with Crippen molar-refractivity contribution >= 4 is 87.0 Å². The van der Waals surface area contributed by atoms with Gasteiger partial charge in [0, 0.05) is 95.8 Å². The van der Waals surface area contributed by atoms with E-state index in [-0.39, 0.29) is 52.8 Å². The Morgan fingerprint density at radius 3 is 1.07 bits per heavy atom. The Hall–Kier alpha value is -13.1. The second-order valence-corrected chi connectivity index (χ2v) is 31.1. The van der Waals surface area contributed by atoms with Gasteiger partial charge < -0.3 is 8.80 Å². The molecule has 460 valence electrons. The van der Waals surface area contributed by atoms with Crippen LogP contribution in [0.2, 0.25) is 0 Å². The maximum Gasteiger partial charge on any atom is 0.0995 e. The van der Waals surface area contributed by atoms with Crippen molar-refractivity contribution in [3.63, 3.8) is 0 Å². The predicted octanol–water partition coefficient (Wildman–Crippen LogP) is 20.4. The minimum Gasteiger partial charge on any atom is -0.308 e. The van der Waals surface area contributed by atoms with Crippen LogP contribution in [-0.2, 0) is 10.8 Å². The number of nitriles is 4. The van der Waals surface area contributed by atoms with Crippen molar-refractivity contribution in [2.75, 3.05) is 0 Å². The van der Waals surface area contributed by atoms with Crippen LogP contribution in [0.15, 0.2) is 231 Å². The summed E-state index contributed by atoms with van der Waals surface area (Å²) < 4.78 is 5.05. The van der Waals surface area contributed by atoms with Gasteiger partial charge in [-0.15, -0.1) is 0 Å². The zero-order valence-corrected chi connectivity index (χ0v) is 54.2. The second-order valence-electron chi connectivity index (χ2n) is 31.1. The molecule has 102 heavy (non-hydrogen) atoms. The molecule has 0 amide bonds. The molecule has 14 aromatic carbocycles. The zero-order valence-electron chi connectivity index (χ0n) is 54.2. The van der Waals surface area contributed by atoms with E-state index in [0.717, 1.165) is 93.1 Å². The zero-order chi connectivity index (χ0) is 65.9. The van der Waals surface area contributed by atoms with Gasteiger partial charge in [-0.1, -0.05) is 194 Å². The van der Waals surface area contributed by atoms with E-state index in [2.05, 4.69) is 264 Å². The third-order valence-electron chi connectivity index (χ3n) is 28.3. The highest BCUT2D eigenvalue weighted by molar-refractivity contribution is 6.41. The van der Waals surface area contributed by atoms with E-state index in [9.17, 15) is 21.0 Å². The molecule has 12 aliphatic rings. The molecule has 0 saturated heterocycles. The summed E-state index contributed by atoms with van der Waals surface area (Å²) in [4.78, 5) is 0. The SMILES string of the molecule is N#Cc1cc2c(c3c1C1c4ccccc4C3c3ccccc31)c1cc3c(cc4c5c6c(c(C#N)cc5n5c7cc(C#N)c8c(c7c3c45)C3c4ccccc4C34c3ccccc3C84)C34c5ccccc5C6C3c3ccccc34)c3c4c5c(c(C#N)cc4n2c13)C1c2ccccc2C5c2ccccc21. The highest BCUT2D eigenvalue weighted by atomic mass is 14.9. The standard InChI is InChI=1S/C96H46N6/c97-39-43-33-67-78(85-71(43)74-47-17-1-5-21-51(47)76(85)52-22-6-2-18-48(52)74)61-37-60-59(81-83-69(101(67)93(61)81)34-44(40-98)72-75-49-19-3-7-23-53(49)77(86(72)83)54-24-8-4-20-50(54)75)38-62-79-68(36-46(42-100)89-88(79)80-55-25-9-13-29-63(55)95(89)64-30-14-11-27-57(64)91(80)95)102-70-35-45(41-99)73-87(84(70)82(60)94(62)102)92-58-28-12-16-32-66(58)96(92)65-31-15-10-26-56(65)90(73)96/h1-38,74-77,80,90-92H. The molecule has 0 N–H and O–H groups in total. The van der Waals surface area contributed by atoms with Gasteiger partial charge in [0.1, 0.15) is 0 Å². The number of hydrogen-bond acceptors (Lipinski definition) is 4. The molecule has 6 nitrogen and oxygen atoms in total. The summed E-state index contributed by atoms with van der Waals surface area (Å²) in [6, 6.07) is 98.1. The number of rotatable bonds is 0. The molecule has 4 heterocycles. The lowest BCUT2D eigenvalue weighted by Gasteiger charge is -2.58. The number of nitrogens with zero attached hydrogens (tertiary/aromatic N) is 6. The van der Waals surface area contributed by atoms with Crippen LogP contribution in [0.25, 0.3) is 87.0 Å². The Morgan fingerprint density at radius 1 is 0.275 bits per heavy atom. The Labute approximate surface area is 581 Å². The second kappa shape index (κ2) is 16.1. The molecule has 6 heteroatoms. The molecule has 0 fully saturated rings. The summed E-state index contributed by atoms with van der Waals surface area (Å²) in [7, 11) is 0. The first-order valence-electron chi connectivity index (χ1n) is 36.0. The van der Waals surface area contributed by atoms with Crippen LogP contribution in [0.1, 0.15) is 203 Å². The molecule has 4 aromatic heterocycles.